The first-order valence-corrected chi connectivity index (χ1v) is 9.20. The highest BCUT2D eigenvalue weighted by molar-refractivity contribution is 5.88. The van der Waals surface area contributed by atoms with Gasteiger partial charge in [0.25, 0.3) is 5.91 Å². The van der Waals surface area contributed by atoms with Crippen molar-refractivity contribution in [1.29, 1.82) is 0 Å². The SMILES string of the molecule is COC(=O)C1CCN(C(=O)COC(=O)COc2cccc3ccccc23)CC1. The summed E-state index contributed by atoms with van der Waals surface area (Å²) in [5.74, 6) is -0.714. The van der Waals surface area contributed by atoms with Gasteiger partial charge in [-0.2, -0.15) is 0 Å². The summed E-state index contributed by atoms with van der Waals surface area (Å²) in [6.07, 6.45) is 1.10. The molecule has 1 amide bonds. The second-order valence-corrected chi connectivity index (χ2v) is 6.60. The van der Waals surface area contributed by atoms with Crippen LogP contribution in [0.5, 0.6) is 5.75 Å². The van der Waals surface area contributed by atoms with Gasteiger partial charge in [-0.3, -0.25) is 9.59 Å². The third kappa shape index (κ3) is 4.79. The molecule has 7 heteroatoms. The number of ether oxygens (including phenoxy) is 3. The molecule has 0 N–H and O–H groups in total. The van der Waals surface area contributed by atoms with Gasteiger partial charge in [0.1, 0.15) is 5.75 Å². The topological polar surface area (TPSA) is 82.1 Å². The van der Waals surface area contributed by atoms with Gasteiger partial charge >= 0.3 is 11.9 Å². The third-order valence-corrected chi connectivity index (χ3v) is 4.83. The lowest BCUT2D eigenvalue weighted by molar-refractivity contribution is -0.155. The first-order valence-electron chi connectivity index (χ1n) is 9.20. The molecule has 0 spiro atoms. The average Bonchev–Trinajstić information content (AvgIpc) is 2.75. The highest BCUT2D eigenvalue weighted by atomic mass is 16.6. The van der Waals surface area contributed by atoms with Crippen LogP contribution in [-0.4, -0.2) is 56.2 Å². The number of benzene rings is 2. The number of likely N-dealkylation sites (tertiary alicyclic amines) is 1. The molecule has 2 aromatic carbocycles. The molecule has 3 rings (SSSR count). The van der Waals surface area contributed by atoms with Crippen LogP contribution in [0.2, 0.25) is 0 Å². The second kappa shape index (κ2) is 9.21. The van der Waals surface area contributed by atoms with Crippen molar-refractivity contribution in [3.05, 3.63) is 42.5 Å². The highest BCUT2D eigenvalue weighted by Gasteiger charge is 2.28. The maximum atomic E-state index is 12.2. The number of esters is 2. The molecule has 1 heterocycles. The summed E-state index contributed by atoms with van der Waals surface area (Å²) in [4.78, 5) is 37.2. The Hall–Kier alpha value is -3.09. The maximum Gasteiger partial charge on any atom is 0.344 e. The van der Waals surface area contributed by atoms with Gasteiger partial charge < -0.3 is 19.1 Å². The number of hydrogen-bond donors (Lipinski definition) is 0. The van der Waals surface area contributed by atoms with Crippen LogP contribution in [0.15, 0.2) is 42.5 Å². The van der Waals surface area contributed by atoms with Crippen molar-refractivity contribution in [2.24, 2.45) is 5.92 Å². The van der Waals surface area contributed by atoms with E-state index >= 15 is 0 Å². The minimum Gasteiger partial charge on any atom is -0.481 e. The molecule has 1 aliphatic rings. The predicted octanol–water partition coefficient (Wildman–Crippen LogP) is 2.17. The minimum absolute atomic E-state index is 0.175. The first kappa shape index (κ1) is 19.7. The van der Waals surface area contributed by atoms with Crippen molar-refractivity contribution in [2.75, 3.05) is 33.4 Å². The molecule has 0 bridgehead atoms. The molecular formula is C21H23NO6. The quantitative estimate of drug-likeness (QED) is 0.709. The van der Waals surface area contributed by atoms with E-state index < -0.39 is 5.97 Å². The Morgan fingerprint density at radius 3 is 2.46 bits per heavy atom. The van der Waals surface area contributed by atoms with Crippen LogP contribution in [0.25, 0.3) is 10.8 Å². The Morgan fingerprint density at radius 2 is 1.71 bits per heavy atom. The van der Waals surface area contributed by atoms with Crippen LogP contribution >= 0.6 is 0 Å². The van der Waals surface area contributed by atoms with E-state index in [0.717, 1.165) is 10.8 Å². The van der Waals surface area contributed by atoms with E-state index in [2.05, 4.69) is 0 Å². The van der Waals surface area contributed by atoms with E-state index in [0.29, 0.717) is 31.7 Å². The zero-order valence-corrected chi connectivity index (χ0v) is 15.8. The molecule has 1 saturated heterocycles. The van der Waals surface area contributed by atoms with Crippen LogP contribution < -0.4 is 4.74 Å². The predicted molar refractivity (Wildman–Crippen MR) is 102 cm³/mol. The van der Waals surface area contributed by atoms with Crippen LogP contribution in [0, 0.1) is 5.92 Å². The van der Waals surface area contributed by atoms with E-state index in [4.69, 9.17) is 14.2 Å². The number of amides is 1. The number of carbonyl (C=O) groups is 3. The molecule has 0 atom stereocenters. The lowest BCUT2D eigenvalue weighted by Gasteiger charge is -2.30. The van der Waals surface area contributed by atoms with Gasteiger partial charge in [0.05, 0.1) is 13.0 Å². The Balaban J connectivity index is 1.43. The lowest BCUT2D eigenvalue weighted by Crippen LogP contribution is -2.42. The number of fused-ring (bicyclic) bond motifs is 1. The standard InChI is InChI=1S/C21H23NO6/c1-26-21(25)16-9-11-22(12-10-16)19(23)13-28-20(24)14-27-18-8-4-6-15-5-2-3-7-17(15)18/h2-8,16H,9-14H2,1H3. The normalized spacial score (nSPS) is 14.5. The fourth-order valence-corrected chi connectivity index (χ4v) is 3.26. The summed E-state index contributed by atoms with van der Waals surface area (Å²) < 4.78 is 15.3. The van der Waals surface area contributed by atoms with Crippen molar-refractivity contribution < 1.29 is 28.6 Å². The molecule has 0 aromatic heterocycles. The van der Waals surface area contributed by atoms with E-state index in [9.17, 15) is 14.4 Å². The van der Waals surface area contributed by atoms with Crippen LogP contribution in [0.1, 0.15) is 12.8 Å². The Bertz CT molecular complexity index is 852. The van der Waals surface area contributed by atoms with Crippen LogP contribution in [0.3, 0.4) is 0 Å². The van der Waals surface area contributed by atoms with E-state index in [1.54, 1.807) is 11.0 Å². The summed E-state index contributed by atoms with van der Waals surface area (Å²) in [6.45, 7) is 0.289. The molecule has 0 aliphatic carbocycles. The molecule has 1 aliphatic heterocycles. The number of rotatable bonds is 6. The molecular weight excluding hydrogens is 362 g/mol. The summed E-state index contributed by atoms with van der Waals surface area (Å²) in [7, 11) is 1.36. The molecule has 7 nitrogen and oxygen atoms in total. The van der Waals surface area contributed by atoms with Crippen molar-refractivity contribution in [3.63, 3.8) is 0 Å². The van der Waals surface area contributed by atoms with Crippen molar-refractivity contribution >= 4 is 28.6 Å². The molecule has 28 heavy (non-hydrogen) atoms. The van der Waals surface area contributed by atoms with Gasteiger partial charge in [-0.15, -0.1) is 0 Å². The molecule has 0 radical (unpaired) electrons. The van der Waals surface area contributed by atoms with E-state index in [1.807, 2.05) is 36.4 Å². The smallest absolute Gasteiger partial charge is 0.344 e. The Kier molecular flexibility index (Phi) is 6.47. The summed E-state index contributed by atoms with van der Waals surface area (Å²) in [6, 6.07) is 13.3. The van der Waals surface area contributed by atoms with Crippen molar-refractivity contribution in [3.8, 4) is 5.75 Å². The third-order valence-electron chi connectivity index (χ3n) is 4.83. The largest absolute Gasteiger partial charge is 0.481 e. The van der Waals surface area contributed by atoms with Crippen molar-refractivity contribution in [1.82, 2.24) is 4.90 Å². The lowest BCUT2D eigenvalue weighted by atomic mass is 9.97. The minimum atomic E-state index is -0.606. The second-order valence-electron chi connectivity index (χ2n) is 6.60. The van der Waals surface area contributed by atoms with Gasteiger partial charge in [0.15, 0.2) is 13.2 Å². The van der Waals surface area contributed by atoms with Crippen LogP contribution in [0.4, 0.5) is 0 Å². The monoisotopic (exact) mass is 385 g/mol. The zero-order chi connectivity index (χ0) is 19.9. The first-order chi connectivity index (χ1) is 13.6. The van der Waals surface area contributed by atoms with Gasteiger partial charge in [0, 0.05) is 18.5 Å². The molecule has 148 valence electrons. The van der Waals surface area contributed by atoms with Gasteiger partial charge in [0.2, 0.25) is 0 Å². The number of methoxy groups -OCH3 is 1. The molecule has 0 saturated carbocycles. The van der Waals surface area contributed by atoms with Gasteiger partial charge in [-0.05, 0) is 24.3 Å². The number of hydrogen-bond acceptors (Lipinski definition) is 6. The number of piperidine rings is 1. The van der Waals surface area contributed by atoms with Crippen LogP contribution in [-0.2, 0) is 23.9 Å². The fraction of sp³-hybridized carbons (Fsp3) is 0.381. The Labute approximate surface area is 163 Å². The van der Waals surface area contributed by atoms with Crippen molar-refractivity contribution in [2.45, 2.75) is 12.8 Å². The summed E-state index contributed by atoms with van der Waals surface area (Å²) >= 11 is 0. The number of nitrogens with zero attached hydrogens (tertiary/aromatic N) is 1. The van der Waals surface area contributed by atoms with E-state index in [-0.39, 0.29) is 31.0 Å². The molecule has 0 unspecified atom stereocenters. The summed E-state index contributed by atoms with van der Waals surface area (Å²) in [5, 5.41) is 1.92. The van der Waals surface area contributed by atoms with E-state index in [1.165, 1.54) is 7.11 Å². The Morgan fingerprint density at radius 1 is 1.00 bits per heavy atom. The zero-order valence-electron chi connectivity index (χ0n) is 15.8. The molecule has 1 fully saturated rings. The van der Waals surface area contributed by atoms with Gasteiger partial charge in [-0.25, -0.2) is 4.79 Å². The highest BCUT2D eigenvalue weighted by Crippen LogP contribution is 2.25. The van der Waals surface area contributed by atoms with Gasteiger partial charge in [-0.1, -0.05) is 36.4 Å². The summed E-state index contributed by atoms with van der Waals surface area (Å²) in [5.41, 5.74) is 0. The number of carbonyl (C=O) groups excluding carboxylic acids is 3. The maximum absolute atomic E-state index is 12.2. The fourth-order valence-electron chi connectivity index (χ4n) is 3.26. The molecule has 2 aromatic rings. The average molecular weight is 385 g/mol.